The topological polar surface area (TPSA) is 45.8 Å². The van der Waals surface area contributed by atoms with Gasteiger partial charge in [-0.3, -0.25) is 9.89 Å². The number of benzene rings is 1. The van der Waals surface area contributed by atoms with Gasteiger partial charge in [0, 0.05) is 16.0 Å². The first-order chi connectivity index (χ1) is 10.6. The molecule has 3 nitrogen and oxygen atoms in total. The molecule has 0 aliphatic carbocycles. The van der Waals surface area contributed by atoms with Crippen molar-refractivity contribution in [1.82, 2.24) is 10.2 Å². The molecule has 0 atom stereocenters. The van der Waals surface area contributed by atoms with Crippen molar-refractivity contribution in [2.24, 2.45) is 0 Å². The molecule has 0 unspecified atom stereocenters. The van der Waals surface area contributed by atoms with Crippen LogP contribution in [0.2, 0.25) is 0 Å². The van der Waals surface area contributed by atoms with E-state index >= 15 is 0 Å². The highest BCUT2D eigenvalue weighted by Gasteiger charge is 2.36. The number of aromatic nitrogens is 2. The van der Waals surface area contributed by atoms with Crippen molar-refractivity contribution >= 4 is 18.0 Å². The van der Waals surface area contributed by atoms with Crippen molar-refractivity contribution in [1.29, 1.82) is 0 Å². The van der Waals surface area contributed by atoms with Gasteiger partial charge in [-0.15, -0.1) is 11.8 Å². The zero-order chi connectivity index (χ0) is 17.3. The first-order valence-corrected chi connectivity index (χ1v) is 7.00. The van der Waals surface area contributed by atoms with E-state index in [4.69, 9.17) is 0 Å². The van der Waals surface area contributed by atoms with Crippen molar-refractivity contribution in [3.05, 3.63) is 35.7 Å². The highest BCUT2D eigenvalue weighted by molar-refractivity contribution is 7.99. The Hall–Kier alpha value is -1.97. The molecule has 0 saturated heterocycles. The molecule has 0 aliphatic heterocycles. The number of thioether (sulfide) groups is 1. The highest BCUT2D eigenvalue weighted by Crippen LogP contribution is 2.37. The maximum Gasteiger partial charge on any atom is 0.433 e. The summed E-state index contributed by atoms with van der Waals surface area (Å²) in [6.07, 6.45) is -7.87. The molecule has 0 aliphatic rings. The molecular weight excluding hydrogens is 346 g/mol. The molecular formula is C13H8F6N2OS. The largest absolute Gasteiger partial charge is 0.433 e. The molecule has 1 aromatic carbocycles. The second-order valence-electron chi connectivity index (χ2n) is 4.43. The first kappa shape index (κ1) is 17.4. The van der Waals surface area contributed by atoms with Crippen LogP contribution < -0.4 is 0 Å². The Balaban J connectivity index is 2.42. The van der Waals surface area contributed by atoms with Crippen molar-refractivity contribution in [2.75, 3.05) is 5.75 Å². The standard InChI is InChI=1S/C13H8F6N2OS/c14-12(15,16)6-23-10-3-7(1-2-8(10)5-22)9-4-20-21-11(9)13(17,18)19/h1-5H,6H2,(H,20,21). The first-order valence-electron chi connectivity index (χ1n) is 6.01. The van der Waals surface area contributed by atoms with Crippen molar-refractivity contribution in [3.63, 3.8) is 0 Å². The number of carbonyl (C=O) groups excluding carboxylic acids is 1. The molecule has 0 radical (unpaired) electrons. The van der Waals surface area contributed by atoms with Gasteiger partial charge < -0.3 is 0 Å². The van der Waals surface area contributed by atoms with Gasteiger partial charge >= 0.3 is 12.4 Å². The number of alkyl halides is 6. The number of carbonyl (C=O) groups is 1. The summed E-state index contributed by atoms with van der Waals surface area (Å²) in [6, 6.07) is 3.51. The van der Waals surface area contributed by atoms with Crippen molar-refractivity contribution < 1.29 is 31.1 Å². The van der Waals surface area contributed by atoms with Crippen LogP contribution in [0.1, 0.15) is 16.1 Å². The van der Waals surface area contributed by atoms with E-state index in [1.165, 1.54) is 12.1 Å². The third-order valence-corrected chi connectivity index (χ3v) is 3.90. The second-order valence-corrected chi connectivity index (χ2v) is 5.45. The monoisotopic (exact) mass is 354 g/mol. The van der Waals surface area contributed by atoms with Gasteiger partial charge in [0.15, 0.2) is 6.29 Å². The zero-order valence-corrected chi connectivity index (χ0v) is 11.9. The fraction of sp³-hybridized carbons (Fsp3) is 0.231. The normalized spacial score (nSPS) is 12.4. The fourth-order valence-electron chi connectivity index (χ4n) is 1.80. The van der Waals surface area contributed by atoms with E-state index in [0.717, 1.165) is 12.3 Å². The molecule has 1 aromatic heterocycles. The summed E-state index contributed by atoms with van der Waals surface area (Å²) in [7, 11) is 0. The summed E-state index contributed by atoms with van der Waals surface area (Å²) in [5, 5.41) is 5.14. The van der Waals surface area contributed by atoms with Crippen LogP contribution in [0.15, 0.2) is 29.3 Å². The maximum absolute atomic E-state index is 12.8. The number of nitrogens with zero attached hydrogens (tertiary/aromatic N) is 1. The number of aromatic amines is 1. The smallest absolute Gasteiger partial charge is 0.298 e. The lowest BCUT2D eigenvalue weighted by Crippen LogP contribution is -2.11. The summed E-state index contributed by atoms with van der Waals surface area (Å²) in [6.45, 7) is 0. The molecule has 124 valence electrons. The van der Waals surface area contributed by atoms with Gasteiger partial charge in [-0.25, -0.2) is 0 Å². The van der Waals surface area contributed by atoms with Crippen molar-refractivity contribution in [2.45, 2.75) is 17.2 Å². The Bertz CT molecular complexity index is 707. The number of aldehydes is 1. The molecule has 2 rings (SSSR count). The van der Waals surface area contributed by atoms with E-state index < -0.39 is 23.8 Å². The van der Waals surface area contributed by atoms with E-state index in [9.17, 15) is 31.1 Å². The van der Waals surface area contributed by atoms with E-state index in [2.05, 4.69) is 5.10 Å². The lowest BCUT2D eigenvalue weighted by atomic mass is 10.0. The van der Waals surface area contributed by atoms with Crippen LogP contribution in [0.5, 0.6) is 0 Å². The minimum absolute atomic E-state index is 0.0151. The van der Waals surface area contributed by atoms with Crippen LogP contribution in [0.4, 0.5) is 26.3 Å². The average Bonchev–Trinajstić information content (AvgIpc) is 2.93. The number of nitrogens with one attached hydrogen (secondary N) is 1. The molecule has 23 heavy (non-hydrogen) atoms. The number of hydrogen-bond donors (Lipinski definition) is 1. The Morgan fingerprint density at radius 2 is 1.87 bits per heavy atom. The fourth-order valence-corrected chi connectivity index (χ4v) is 2.62. The maximum atomic E-state index is 12.8. The molecule has 0 amide bonds. The molecule has 0 bridgehead atoms. The van der Waals surface area contributed by atoms with Gasteiger partial charge in [-0.05, 0) is 17.7 Å². The molecule has 1 heterocycles. The molecule has 10 heteroatoms. The van der Waals surface area contributed by atoms with E-state index in [0.29, 0.717) is 18.0 Å². The lowest BCUT2D eigenvalue weighted by molar-refractivity contribution is -0.140. The quantitative estimate of drug-likeness (QED) is 0.497. The summed E-state index contributed by atoms with van der Waals surface area (Å²) in [5.41, 5.74) is -1.42. The molecule has 0 spiro atoms. The third-order valence-electron chi connectivity index (χ3n) is 2.77. The summed E-state index contributed by atoms with van der Waals surface area (Å²) in [5.74, 6) is -1.26. The summed E-state index contributed by atoms with van der Waals surface area (Å²) < 4.78 is 75.4. The van der Waals surface area contributed by atoms with Gasteiger partial charge in [0.1, 0.15) is 5.69 Å². The highest BCUT2D eigenvalue weighted by atomic mass is 32.2. The summed E-state index contributed by atoms with van der Waals surface area (Å²) in [4.78, 5) is 10.8. The molecule has 0 fully saturated rings. The zero-order valence-electron chi connectivity index (χ0n) is 11.1. The van der Waals surface area contributed by atoms with Gasteiger partial charge in [0.05, 0.1) is 11.9 Å². The Labute approximate surface area is 130 Å². The Kier molecular flexibility index (Phi) is 4.73. The number of H-pyrrole nitrogens is 1. The van der Waals surface area contributed by atoms with Crippen LogP contribution >= 0.6 is 11.8 Å². The van der Waals surface area contributed by atoms with Crippen LogP contribution in [0.25, 0.3) is 11.1 Å². The van der Waals surface area contributed by atoms with E-state index in [-0.39, 0.29) is 21.6 Å². The predicted molar refractivity (Wildman–Crippen MR) is 71.2 cm³/mol. The molecule has 1 N–H and O–H groups in total. The Morgan fingerprint density at radius 3 is 2.43 bits per heavy atom. The number of rotatable bonds is 4. The average molecular weight is 354 g/mol. The minimum Gasteiger partial charge on any atom is -0.298 e. The van der Waals surface area contributed by atoms with E-state index in [1.807, 2.05) is 5.10 Å². The number of halogens is 6. The number of hydrogen-bond acceptors (Lipinski definition) is 3. The van der Waals surface area contributed by atoms with Crippen molar-refractivity contribution in [3.8, 4) is 11.1 Å². The van der Waals surface area contributed by atoms with Gasteiger partial charge in [0.2, 0.25) is 0 Å². The molecule has 2 aromatic rings. The van der Waals surface area contributed by atoms with Gasteiger partial charge in [-0.1, -0.05) is 6.07 Å². The Morgan fingerprint density at radius 1 is 1.17 bits per heavy atom. The minimum atomic E-state index is -4.69. The SMILES string of the molecule is O=Cc1ccc(-c2cn[nH]c2C(F)(F)F)cc1SCC(F)(F)F. The summed E-state index contributed by atoms with van der Waals surface area (Å²) >= 11 is 0.335. The van der Waals surface area contributed by atoms with E-state index in [1.54, 1.807) is 0 Å². The van der Waals surface area contributed by atoms with Crippen LogP contribution in [-0.2, 0) is 6.18 Å². The second kappa shape index (κ2) is 6.26. The van der Waals surface area contributed by atoms with Crippen LogP contribution in [0.3, 0.4) is 0 Å². The van der Waals surface area contributed by atoms with Crippen LogP contribution in [0, 0.1) is 0 Å². The lowest BCUT2D eigenvalue weighted by Gasteiger charge is -2.11. The van der Waals surface area contributed by atoms with Gasteiger partial charge in [-0.2, -0.15) is 31.4 Å². The third kappa shape index (κ3) is 4.27. The van der Waals surface area contributed by atoms with Gasteiger partial charge in [0.25, 0.3) is 0 Å². The van der Waals surface area contributed by atoms with Crippen LogP contribution in [-0.4, -0.2) is 28.4 Å². The predicted octanol–water partition coefficient (Wildman–Crippen LogP) is 4.56. The molecule has 0 saturated carbocycles.